The lowest BCUT2D eigenvalue weighted by atomic mass is 10.1. The number of carbonyl (C=O) groups is 1. The molecule has 2 aromatic carbocycles. The van der Waals surface area contributed by atoms with Crippen LogP contribution in [-0.4, -0.2) is 46.9 Å². The van der Waals surface area contributed by atoms with Crippen LogP contribution < -0.4 is 23.8 Å². The number of methoxy groups -OCH3 is 1. The van der Waals surface area contributed by atoms with E-state index in [-0.39, 0.29) is 12.1 Å². The fraction of sp³-hybridized carbons (Fsp3) is 0.409. The van der Waals surface area contributed by atoms with Crippen LogP contribution in [-0.2, 0) is 14.8 Å². The maximum atomic E-state index is 13.2. The van der Waals surface area contributed by atoms with Crippen LogP contribution in [0.5, 0.6) is 17.2 Å². The third-order valence-corrected chi connectivity index (χ3v) is 6.53. The summed E-state index contributed by atoms with van der Waals surface area (Å²) in [4.78, 5) is 13.2. The highest BCUT2D eigenvalue weighted by molar-refractivity contribution is 7.92. The second kappa shape index (κ2) is 9.87. The second-order valence-corrected chi connectivity index (χ2v) is 9.73. The van der Waals surface area contributed by atoms with Gasteiger partial charge in [-0.2, -0.15) is 0 Å². The van der Waals surface area contributed by atoms with E-state index in [9.17, 15) is 13.2 Å². The number of benzene rings is 2. The molecule has 8 nitrogen and oxygen atoms in total. The molecule has 1 N–H and O–H groups in total. The van der Waals surface area contributed by atoms with E-state index >= 15 is 0 Å². The van der Waals surface area contributed by atoms with E-state index in [1.165, 1.54) is 13.2 Å². The molecule has 1 heterocycles. The molecule has 10 heteroatoms. The van der Waals surface area contributed by atoms with Gasteiger partial charge in [0.25, 0.3) is 0 Å². The first-order chi connectivity index (χ1) is 15.2. The lowest BCUT2D eigenvalue weighted by Gasteiger charge is -2.32. The zero-order valence-corrected chi connectivity index (χ0v) is 20.0. The summed E-state index contributed by atoms with van der Waals surface area (Å²) in [5, 5.41) is 3.24. The zero-order chi connectivity index (χ0) is 23.5. The topological polar surface area (TPSA) is 94.2 Å². The molecule has 0 spiro atoms. The highest BCUT2D eigenvalue weighted by atomic mass is 35.5. The number of amides is 1. The average molecular weight is 483 g/mol. The summed E-state index contributed by atoms with van der Waals surface area (Å²) in [6.07, 6.45) is 1.29. The van der Waals surface area contributed by atoms with Gasteiger partial charge < -0.3 is 19.5 Å². The molecule has 1 aliphatic heterocycles. The molecule has 1 aliphatic rings. The van der Waals surface area contributed by atoms with Gasteiger partial charge >= 0.3 is 0 Å². The minimum atomic E-state index is -3.84. The maximum Gasteiger partial charge on any atom is 0.244 e. The normalized spacial score (nSPS) is 14.9. The van der Waals surface area contributed by atoms with Crippen LogP contribution in [0.4, 0.5) is 5.69 Å². The second-order valence-electron chi connectivity index (χ2n) is 7.43. The molecule has 0 aliphatic carbocycles. The highest BCUT2D eigenvalue weighted by Gasteiger charge is 2.34. The number of hydrogen-bond acceptors (Lipinski definition) is 6. The first-order valence-electron chi connectivity index (χ1n) is 10.2. The first kappa shape index (κ1) is 24.0. The zero-order valence-electron chi connectivity index (χ0n) is 18.4. The minimum Gasteiger partial charge on any atom is -0.495 e. The van der Waals surface area contributed by atoms with Crippen molar-refractivity contribution in [3.05, 3.63) is 47.0 Å². The van der Waals surface area contributed by atoms with Crippen LogP contribution in [0.15, 0.2) is 36.4 Å². The Bertz CT molecular complexity index is 1090. The summed E-state index contributed by atoms with van der Waals surface area (Å²) in [5.74, 6) is 1.12. The molecule has 0 saturated heterocycles. The number of fused-ring (bicyclic) bond motifs is 1. The van der Waals surface area contributed by atoms with Crippen molar-refractivity contribution in [1.29, 1.82) is 0 Å². The molecule has 3 rings (SSSR count). The van der Waals surface area contributed by atoms with Crippen molar-refractivity contribution < 1.29 is 27.4 Å². The highest BCUT2D eigenvalue weighted by Crippen LogP contribution is 2.35. The van der Waals surface area contributed by atoms with Gasteiger partial charge in [-0.1, -0.05) is 24.6 Å². The molecular weight excluding hydrogens is 456 g/mol. The lowest BCUT2D eigenvalue weighted by molar-refractivity contribution is -0.122. The summed E-state index contributed by atoms with van der Waals surface area (Å²) in [5.41, 5.74) is 1.01. The Morgan fingerprint density at radius 1 is 1.19 bits per heavy atom. The molecule has 0 saturated carbocycles. The Hall–Kier alpha value is -2.65. The quantitative estimate of drug-likeness (QED) is 0.618. The van der Waals surface area contributed by atoms with Crippen LogP contribution in [0.1, 0.15) is 31.9 Å². The smallest absolute Gasteiger partial charge is 0.244 e. The molecular formula is C22H27ClN2O6S. The maximum absolute atomic E-state index is 13.2. The molecule has 2 unspecified atom stereocenters. The largest absolute Gasteiger partial charge is 0.495 e. The molecule has 174 valence electrons. The summed E-state index contributed by atoms with van der Waals surface area (Å²) in [6, 6.07) is 8.69. The van der Waals surface area contributed by atoms with Gasteiger partial charge in [0.05, 0.1) is 25.1 Å². The van der Waals surface area contributed by atoms with E-state index in [0.29, 0.717) is 35.5 Å². The molecule has 0 fully saturated rings. The van der Waals surface area contributed by atoms with Crippen molar-refractivity contribution in [2.75, 3.05) is 30.9 Å². The van der Waals surface area contributed by atoms with E-state index in [1.54, 1.807) is 25.1 Å². The number of carbonyl (C=O) groups excluding carboxylic acids is 1. The van der Waals surface area contributed by atoms with Crippen LogP contribution in [0.3, 0.4) is 0 Å². The Morgan fingerprint density at radius 2 is 1.88 bits per heavy atom. The Labute approximate surface area is 193 Å². The van der Waals surface area contributed by atoms with Gasteiger partial charge in [0.1, 0.15) is 25.0 Å². The van der Waals surface area contributed by atoms with E-state index < -0.39 is 28.0 Å². The number of rotatable bonds is 8. The van der Waals surface area contributed by atoms with Crippen LogP contribution in [0, 0.1) is 0 Å². The minimum absolute atomic E-state index is 0.205. The van der Waals surface area contributed by atoms with Crippen molar-refractivity contribution in [1.82, 2.24) is 5.32 Å². The predicted octanol–water partition coefficient (Wildman–Crippen LogP) is 3.54. The van der Waals surface area contributed by atoms with E-state index in [2.05, 4.69) is 5.32 Å². The van der Waals surface area contributed by atoms with Gasteiger partial charge in [-0.3, -0.25) is 9.10 Å². The fourth-order valence-corrected chi connectivity index (χ4v) is 4.97. The monoisotopic (exact) mass is 482 g/mol. The number of halogens is 1. The van der Waals surface area contributed by atoms with E-state index in [0.717, 1.165) is 16.1 Å². The summed E-state index contributed by atoms with van der Waals surface area (Å²) < 4.78 is 43.0. The SMILES string of the molecule is CCC(C(=O)NC(C)c1ccc2c(c1)OCCO2)N(c1cc(Cl)ccc1OC)S(C)(=O)=O. The van der Waals surface area contributed by atoms with Gasteiger partial charge in [0.2, 0.25) is 15.9 Å². The Morgan fingerprint density at radius 3 is 2.50 bits per heavy atom. The molecule has 0 radical (unpaired) electrons. The summed E-state index contributed by atoms with van der Waals surface area (Å²) in [6.45, 7) is 4.51. The molecule has 0 aromatic heterocycles. The number of anilines is 1. The van der Waals surface area contributed by atoms with Gasteiger partial charge in [-0.05, 0) is 49.2 Å². The number of sulfonamides is 1. The first-order valence-corrected chi connectivity index (χ1v) is 12.4. The van der Waals surface area contributed by atoms with Crippen molar-refractivity contribution in [2.45, 2.75) is 32.4 Å². The van der Waals surface area contributed by atoms with Gasteiger partial charge in [-0.15, -0.1) is 0 Å². The fourth-order valence-electron chi connectivity index (χ4n) is 3.59. The summed E-state index contributed by atoms with van der Waals surface area (Å²) in [7, 11) is -2.41. The summed E-state index contributed by atoms with van der Waals surface area (Å²) >= 11 is 6.12. The third kappa shape index (κ3) is 5.21. The van der Waals surface area contributed by atoms with Crippen LogP contribution in [0.25, 0.3) is 0 Å². The molecule has 1 amide bonds. The van der Waals surface area contributed by atoms with Crippen LogP contribution in [0.2, 0.25) is 5.02 Å². The van der Waals surface area contributed by atoms with Crippen molar-refractivity contribution in [2.24, 2.45) is 0 Å². The van der Waals surface area contributed by atoms with E-state index in [1.807, 2.05) is 19.1 Å². The Balaban J connectivity index is 1.89. The third-order valence-electron chi connectivity index (χ3n) is 5.13. The van der Waals surface area contributed by atoms with Crippen LogP contribution >= 0.6 is 11.6 Å². The van der Waals surface area contributed by atoms with E-state index in [4.69, 9.17) is 25.8 Å². The molecule has 2 atom stereocenters. The van der Waals surface area contributed by atoms with Crippen molar-refractivity contribution in [3.8, 4) is 17.2 Å². The average Bonchev–Trinajstić information content (AvgIpc) is 2.75. The molecule has 0 bridgehead atoms. The number of ether oxygens (including phenoxy) is 3. The Kier molecular flexibility index (Phi) is 7.40. The number of hydrogen-bond donors (Lipinski definition) is 1. The molecule has 32 heavy (non-hydrogen) atoms. The number of nitrogens with one attached hydrogen (secondary N) is 1. The van der Waals surface area contributed by atoms with Gasteiger partial charge in [0.15, 0.2) is 11.5 Å². The van der Waals surface area contributed by atoms with Crippen molar-refractivity contribution >= 4 is 33.2 Å². The molecule has 2 aromatic rings. The predicted molar refractivity (Wildman–Crippen MR) is 123 cm³/mol. The van der Waals surface area contributed by atoms with Gasteiger partial charge in [0, 0.05) is 5.02 Å². The van der Waals surface area contributed by atoms with Gasteiger partial charge in [-0.25, -0.2) is 8.42 Å². The van der Waals surface area contributed by atoms with Crippen molar-refractivity contribution in [3.63, 3.8) is 0 Å². The standard InChI is InChI=1S/C22H27ClN2O6S/c1-5-17(25(32(4,27)28)18-13-16(23)7-9-19(18)29-3)22(26)24-14(2)15-6-8-20-21(12-15)31-11-10-30-20/h6-9,12-14,17H,5,10-11H2,1-4H3,(H,24,26). The number of nitrogens with zero attached hydrogens (tertiary/aromatic N) is 1. The lowest BCUT2D eigenvalue weighted by Crippen LogP contribution is -2.49.